The molecule has 0 bridgehead atoms. The summed E-state index contributed by atoms with van der Waals surface area (Å²) in [5.41, 5.74) is 0.332. The van der Waals surface area contributed by atoms with Crippen molar-refractivity contribution in [2.45, 2.75) is 90.8 Å². The lowest BCUT2D eigenvalue weighted by molar-refractivity contribution is -0.0225. The number of nitrogens with zero attached hydrogens (tertiary/aromatic N) is 1. The van der Waals surface area contributed by atoms with Crippen molar-refractivity contribution in [1.82, 2.24) is 10.2 Å². The Kier molecular flexibility index (Phi) is 5.88. The van der Waals surface area contributed by atoms with Crippen LogP contribution in [0, 0.1) is 23.7 Å². The molecule has 3 nitrogen and oxygen atoms in total. The first-order chi connectivity index (χ1) is 11.6. The van der Waals surface area contributed by atoms with E-state index >= 15 is 0 Å². The lowest BCUT2D eigenvalue weighted by atomic mass is 9.91. The molecule has 3 atom stereocenters. The third-order valence-electron chi connectivity index (χ3n) is 6.79. The molecule has 146 valence electrons. The average molecular weight is 351 g/mol. The third-order valence-corrected chi connectivity index (χ3v) is 6.79. The molecule has 2 saturated carbocycles. The molecule has 3 heteroatoms. The predicted octanol–water partition coefficient (Wildman–Crippen LogP) is 4.32. The molecule has 3 aliphatic rings. The Hall–Kier alpha value is -0.120. The highest BCUT2D eigenvalue weighted by Crippen LogP contribution is 2.50. The minimum atomic E-state index is 0.0197. The Morgan fingerprint density at radius 2 is 1.52 bits per heavy atom. The van der Waals surface area contributed by atoms with Crippen molar-refractivity contribution >= 4 is 0 Å². The maximum absolute atomic E-state index is 6.05. The Morgan fingerprint density at radius 3 is 2.08 bits per heavy atom. The molecule has 25 heavy (non-hydrogen) atoms. The van der Waals surface area contributed by atoms with Crippen LogP contribution in [0.25, 0.3) is 0 Å². The van der Waals surface area contributed by atoms with Gasteiger partial charge in [0, 0.05) is 31.2 Å². The number of hydrogen-bond donors (Lipinski definition) is 1. The zero-order valence-corrected chi connectivity index (χ0v) is 17.6. The quantitative estimate of drug-likeness (QED) is 0.817. The van der Waals surface area contributed by atoms with Crippen LogP contribution in [0.1, 0.15) is 73.6 Å². The van der Waals surface area contributed by atoms with E-state index in [0.29, 0.717) is 11.6 Å². The second kappa shape index (κ2) is 7.48. The van der Waals surface area contributed by atoms with Crippen LogP contribution in [0.2, 0.25) is 0 Å². The number of ether oxygens (including phenoxy) is 1. The lowest BCUT2D eigenvalue weighted by Gasteiger charge is -2.42. The van der Waals surface area contributed by atoms with Gasteiger partial charge in [-0.3, -0.25) is 4.90 Å². The van der Waals surface area contributed by atoms with Gasteiger partial charge in [0.15, 0.2) is 0 Å². The van der Waals surface area contributed by atoms with Gasteiger partial charge in [-0.1, -0.05) is 0 Å². The Morgan fingerprint density at radius 1 is 0.920 bits per heavy atom. The van der Waals surface area contributed by atoms with Crippen LogP contribution in [0.3, 0.4) is 0 Å². The van der Waals surface area contributed by atoms with Gasteiger partial charge in [-0.25, -0.2) is 0 Å². The summed E-state index contributed by atoms with van der Waals surface area (Å²) in [4.78, 5) is 2.67. The van der Waals surface area contributed by atoms with Gasteiger partial charge in [-0.05, 0) is 97.3 Å². The standard InChI is InChI=1S/C22H42N2O/c1-21(2,3)24-8-7-23-20(14-24)13-16-9-18-11-17(12-19(18)10-16)15-25-22(4,5)6/h16-20,23H,7-15H2,1-6H3. The van der Waals surface area contributed by atoms with Crippen molar-refractivity contribution in [1.29, 1.82) is 0 Å². The molecule has 3 fully saturated rings. The summed E-state index contributed by atoms with van der Waals surface area (Å²) in [5.74, 6) is 3.75. The molecule has 1 N–H and O–H groups in total. The maximum Gasteiger partial charge on any atom is 0.0598 e. The van der Waals surface area contributed by atoms with E-state index < -0.39 is 0 Å². The lowest BCUT2D eigenvalue weighted by Crippen LogP contribution is -2.56. The largest absolute Gasteiger partial charge is 0.376 e. The number of hydrogen-bond acceptors (Lipinski definition) is 3. The highest BCUT2D eigenvalue weighted by atomic mass is 16.5. The fourth-order valence-electron chi connectivity index (χ4n) is 5.56. The van der Waals surface area contributed by atoms with Crippen molar-refractivity contribution in [3.8, 4) is 0 Å². The topological polar surface area (TPSA) is 24.5 Å². The Balaban J connectivity index is 1.42. The third kappa shape index (κ3) is 5.43. The fraction of sp³-hybridized carbons (Fsp3) is 1.00. The van der Waals surface area contributed by atoms with E-state index in [2.05, 4.69) is 51.8 Å². The maximum atomic E-state index is 6.05. The van der Waals surface area contributed by atoms with Crippen LogP contribution in [-0.2, 0) is 4.74 Å². The van der Waals surface area contributed by atoms with Crippen LogP contribution < -0.4 is 5.32 Å². The molecule has 1 saturated heterocycles. The molecular weight excluding hydrogens is 308 g/mol. The molecule has 0 radical (unpaired) electrons. The van der Waals surface area contributed by atoms with Gasteiger partial charge in [0.25, 0.3) is 0 Å². The van der Waals surface area contributed by atoms with Crippen molar-refractivity contribution in [3.63, 3.8) is 0 Å². The second-order valence-corrected chi connectivity index (χ2v) is 11.1. The predicted molar refractivity (Wildman–Crippen MR) is 106 cm³/mol. The van der Waals surface area contributed by atoms with Gasteiger partial charge in [0.2, 0.25) is 0 Å². The molecule has 1 aliphatic heterocycles. The number of fused-ring (bicyclic) bond motifs is 1. The first kappa shape index (κ1) is 19.6. The minimum absolute atomic E-state index is 0.0197. The summed E-state index contributed by atoms with van der Waals surface area (Å²) < 4.78 is 6.05. The summed E-state index contributed by atoms with van der Waals surface area (Å²) in [6, 6.07) is 0.705. The highest BCUT2D eigenvalue weighted by Gasteiger charge is 2.42. The van der Waals surface area contributed by atoms with Gasteiger partial charge in [-0.15, -0.1) is 0 Å². The summed E-state index contributed by atoms with van der Waals surface area (Å²) in [6.45, 7) is 18.2. The van der Waals surface area contributed by atoms with Gasteiger partial charge in [0.1, 0.15) is 0 Å². The molecule has 0 aromatic heterocycles. The minimum Gasteiger partial charge on any atom is -0.376 e. The molecule has 2 aliphatic carbocycles. The van der Waals surface area contributed by atoms with E-state index in [0.717, 1.165) is 36.8 Å². The van der Waals surface area contributed by atoms with Gasteiger partial charge in [0.05, 0.1) is 12.2 Å². The molecule has 0 aromatic carbocycles. The van der Waals surface area contributed by atoms with Crippen molar-refractivity contribution < 1.29 is 4.74 Å². The smallest absolute Gasteiger partial charge is 0.0598 e. The number of nitrogens with one attached hydrogen (secondary N) is 1. The van der Waals surface area contributed by atoms with Gasteiger partial charge in [-0.2, -0.15) is 0 Å². The van der Waals surface area contributed by atoms with Crippen molar-refractivity contribution in [3.05, 3.63) is 0 Å². The molecule has 3 unspecified atom stereocenters. The van der Waals surface area contributed by atoms with Crippen LogP contribution in [0.5, 0.6) is 0 Å². The Labute approximate surface area is 156 Å². The SMILES string of the molecule is CC(C)(C)OCC1CC2CC(CC3CN(C(C)(C)C)CCN3)CC2C1. The van der Waals surface area contributed by atoms with E-state index in [1.807, 2.05) is 0 Å². The van der Waals surface area contributed by atoms with Gasteiger partial charge < -0.3 is 10.1 Å². The zero-order valence-electron chi connectivity index (χ0n) is 17.6. The van der Waals surface area contributed by atoms with Crippen LogP contribution >= 0.6 is 0 Å². The molecule has 3 rings (SSSR count). The monoisotopic (exact) mass is 350 g/mol. The van der Waals surface area contributed by atoms with Crippen molar-refractivity contribution in [2.24, 2.45) is 23.7 Å². The van der Waals surface area contributed by atoms with Gasteiger partial charge >= 0.3 is 0 Å². The van der Waals surface area contributed by atoms with E-state index in [-0.39, 0.29) is 5.60 Å². The summed E-state index contributed by atoms with van der Waals surface area (Å²) in [7, 11) is 0. The second-order valence-electron chi connectivity index (χ2n) is 11.1. The summed E-state index contributed by atoms with van der Waals surface area (Å²) >= 11 is 0. The normalized spacial score (nSPS) is 37.4. The molecule has 0 spiro atoms. The number of piperazine rings is 1. The first-order valence-electron chi connectivity index (χ1n) is 10.7. The number of rotatable bonds is 4. The average Bonchev–Trinajstić information content (AvgIpc) is 3.01. The molecular formula is C22H42N2O. The van der Waals surface area contributed by atoms with Crippen LogP contribution in [-0.4, -0.2) is 48.3 Å². The fourth-order valence-corrected chi connectivity index (χ4v) is 5.56. The highest BCUT2D eigenvalue weighted by molar-refractivity contribution is 4.94. The first-order valence-corrected chi connectivity index (χ1v) is 10.7. The zero-order chi connectivity index (χ0) is 18.2. The summed E-state index contributed by atoms with van der Waals surface area (Å²) in [5, 5.41) is 3.80. The molecule has 1 heterocycles. The van der Waals surface area contributed by atoms with Crippen LogP contribution in [0.4, 0.5) is 0 Å². The van der Waals surface area contributed by atoms with Crippen LogP contribution in [0.15, 0.2) is 0 Å². The Bertz CT molecular complexity index is 422. The van der Waals surface area contributed by atoms with E-state index in [4.69, 9.17) is 4.74 Å². The molecule has 0 amide bonds. The van der Waals surface area contributed by atoms with E-state index in [1.165, 1.54) is 45.2 Å². The van der Waals surface area contributed by atoms with Crippen molar-refractivity contribution in [2.75, 3.05) is 26.2 Å². The molecule has 0 aromatic rings. The van der Waals surface area contributed by atoms with E-state index in [9.17, 15) is 0 Å². The summed E-state index contributed by atoms with van der Waals surface area (Å²) in [6.07, 6.45) is 7.18. The van der Waals surface area contributed by atoms with E-state index in [1.54, 1.807) is 0 Å².